The summed E-state index contributed by atoms with van der Waals surface area (Å²) in [4.78, 5) is 11.0. The molecule has 4 N–H and O–H groups in total. The van der Waals surface area contributed by atoms with Crippen LogP contribution in [-0.2, 0) is 11.3 Å². The van der Waals surface area contributed by atoms with E-state index in [4.69, 9.17) is 10.6 Å². The summed E-state index contributed by atoms with van der Waals surface area (Å²) in [6.45, 7) is 2.41. The SMILES string of the molecule is COCc1nc(NN)cc(NCC2CCCCN2C)n1. The van der Waals surface area contributed by atoms with Crippen molar-refractivity contribution in [2.75, 3.05) is 38.0 Å². The van der Waals surface area contributed by atoms with Crippen LogP contribution in [0.1, 0.15) is 25.1 Å². The molecule has 7 heteroatoms. The number of anilines is 2. The first-order chi connectivity index (χ1) is 9.72. The molecule has 1 unspecified atom stereocenters. The van der Waals surface area contributed by atoms with Crippen molar-refractivity contribution >= 4 is 11.6 Å². The third-order valence-corrected chi connectivity index (χ3v) is 3.63. The van der Waals surface area contributed by atoms with Gasteiger partial charge in [0, 0.05) is 25.8 Å². The molecule has 0 amide bonds. The lowest BCUT2D eigenvalue weighted by Gasteiger charge is -2.32. The molecule has 0 aromatic carbocycles. The van der Waals surface area contributed by atoms with E-state index in [0.29, 0.717) is 24.3 Å². The Hall–Kier alpha value is -1.44. The zero-order valence-corrected chi connectivity index (χ0v) is 12.2. The average molecular weight is 280 g/mol. The number of likely N-dealkylation sites (N-methyl/N-ethyl adjacent to an activating group) is 1. The summed E-state index contributed by atoms with van der Waals surface area (Å²) in [6.07, 6.45) is 3.81. The summed E-state index contributed by atoms with van der Waals surface area (Å²) in [7, 11) is 3.80. The highest BCUT2D eigenvalue weighted by Crippen LogP contribution is 2.16. The molecule has 2 rings (SSSR count). The molecule has 1 aliphatic rings. The Balaban J connectivity index is 1.98. The number of nitrogen functional groups attached to an aromatic ring is 1. The van der Waals surface area contributed by atoms with Gasteiger partial charge in [-0.25, -0.2) is 15.8 Å². The second-order valence-corrected chi connectivity index (χ2v) is 5.14. The monoisotopic (exact) mass is 280 g/mol. The number of nitrogens with two attached hydrogens (primary N) is 1. The van der Waals surface area contributed by atoms with E-state index in [0.717, 1.165) is 12.4 Å². The molecule has 112 valence electrons. The van der Waals surface area contributed by atoms with Crippen molar-refractivity contribution in [3.63, 3.8) is 0 Å². The van der Waals surface area contributed by atoms with Gasteiger partial charge in [-0.1, -0.05) is 6.42 Å². The van der Waals surface area contributed by atoms with Gasteiger partial charge in [-0.3, -0.25) is 0 Å². The lowest BCUT2D eigenvalue weighted by atomic mass is 10.0. The quantitative estimate of drug-likeness (QED) is 0.525. The largest absolute Gasteiger partial charge is 0.377 e. The van der Waals surface area contributed by atoms with E-state index < -0.39 is 0 Å². The van der Waals surface area contributed by atoms with Crippen molar-refractivity contribution in [3.8, 4) is 0 Å². The molecule has 1 aliphatic heterocycles. The van der Waals surface area contributed by atoms with E-state index >= 15 is 0 Å². The summed E-state index contributed by atoms with van der Waals surface area (Å²) < 4.78 is 5.06. The van der Waals surface area contributed by atoms with Gasteiger partial charge < -0.3 is 20.4 Å². The number of hydrogen-bond donors (Lipinski definition) is 3. The summed E-state index contributed by atoms with van der Waals surface area (Å²) >= 11 is 0. The van der Waals surface area contributed by atoms with Gasteiger partial charge >= 0.3 is 0 Å². The molecule has 0 aliphatic carbocycles. The zero-order chi connectivity index (χ0) is 14.4. The highest BCUT2D eigenvalue weighted by molar-refractivity contribution is 5.46. The molecule has 1 aromatic heterocycles. The molecule has 7 nitrogen and oxygen atoms in total. The molecule has 1 saturated heterocycles. The number of nitrogens with one attached hydrogen (secondary N) is 2. The van der Waals surface area contributed by atoms with Gasteiger partial charge in [-0.05, 0) is 26.4 Å². The number of nitrogens with zero attached hydrogens (tertiary/aromatic N) is 3. The van der Waals surface area contributed by atoms with Crippen LogP contribution in [-0.4, -0.2) is 48.2 Å². The molecule has 0 spiro atoms. The standard InChI is InChI=1S/C13H24N6O/c1-19-6-4-3-5-10(19)8-15-11-7-12(18-14)17-13(16-11)9-20-2/h7,10H,3-6,8-9,14H2,1-2H3,(H2,15,16,17,18). The van der Waals surface area contributed by atoms with E-state index in [2.05, 4.69) is 32.7 Å². The van der Waals surface area contributed by atoms with Gasteiger partial charge in [0.15, 0.2) is 5.82 Å². The van der Waals surface area contributed by atoms with Crippen molar-refractivity contribution in [3.05, 3.63) is 11.9 Å². The average Bonchev–Trinajstić information content (AvgIpc) is 2.46. The van der Waals surface area contributed by atoms with Crippen molar-refractivity contribution in [1.82, 2.24) is 14.9 Å². The second kappa shape index (κ2) is 7.37. The van der Waals surface area contributed by atoms with Gasteiger partial charge in [0.25, 0.3) is 0 Å². The molecule has 1 aromatic rings. The normalized spacial score (nSPS) is 19.9. The van der Waals surface area contributed by atoms with Crippen LogP contribution in [0.2, 0.25) is 0 Å². The van der Waals surface area contributed by atoms with E-state index in [1.165, 1.54) is 25.8 Å². The van der Waals surface area contributed by atoms with Crippen LogP contribution in [0.5, 0.6) is 0 Å². The molecule has 0 radical (unpaired) electrons. The molecular formula is C13H24N6O. The zero-order valence-electron chi connectivity index (χ0n) is 12.2. The first kappa shape index (κ1) is 15.0. The van der Waals surface area contributed by atoms with Gasteiger partial charge in [0.05, 0.1) is 0 Å². The third-order valence-electron chi connectivity index (χ3n) is 3.63. The molecular weight excluding hydrogens is 256 g/mol. The number of hydrogen-bond acceptors (Lipinski definition) is 7. The fraction of sp³-hybridized carbons (Fsp3) is 0.692. The van der Waals surface area contributed by atoms with Crippen LogP contribution in [0.3, 0.4) is 0 Å². The second-order valence-electron chi connectivity index (χ2n) is 5.14. The lowest BCUT2D eigenvalue weighted by molar-refractivity contribution is 0.178. The number of rotatable bonds is 6. The summed E-state index contributed by atoms with van der Waals surface area (Å²) in [5.41, 5.74) is 2.56. The maximum absolute atomic E-state index is 5.43. The Morgan fingerprint density at radius 1 is 1.40 bits per heavy atom. The number of methoxy groups -OCH3 is 1. The Kier molecular flexibility index (Phi) is 5.51. The number of piperidine rings is 1. The van der Waals surface area contributed by atoms with E-state index in [1.807, 2.05) is 6.07 Å². The van der Waals surface area contributed by atoms with Gasteiger partial charge in [0.1, 0.15) is 18.2 Å². The predicted octanol–water partition coefficient (Wildman–Crippen LogP) is 0.805. The van der Waals surface area contributed by atoms with E-state index in [1.54, 1.807) is 7.11 Å². The van der Waals surface area contributed by atoms with Crippen LogP contribution >= 0.6 is 0 Å². The van der Waals surface area contributed by atoms with Crippen LogP contribution in [0.15, 0.2) is 6.07 Å². The topological polar surface area (TPSA) is 88.3 Å². The van der Waals surface area contributed by atoms with Crippen LogP contribution < -0.4 is 16.6 Å². The lowest BCUT2D eigenvalue weighted by Crippen LogP contribution is -2.40. The van der Waals surface area contributed by atoms with E-state index in [-0.39, 0.29) is 0 Å². The van der Waals surface area contributed by atoms with Gasteiger partial charge in [-0.15, -0.1) is 0 Å². The van der Waals surface area contributed by atoms with Gasteiger partial charge in [-0.2, -0.15) is 0 Å². The molecule has 1 fully saturated rings. The Morgan fingerprint density at radius 3 is 2.90 bits per heavy atom. The Morgan fingerprint density at radius 2 is 2.20 bits per heavy atom. The smallest absolute Gasteiger partial charge is 0.158 e. The van der Waals surface area contributed by atoms with E-state index in [9.17, 15) is 0 Å². The number of aromatic nitrogens is 2. The fourth-order valence-corrected chi connectivity index (χ4v) is 2.48. The Bertz CT molecular complexity index is 427. The fourth-order valence-electron chi connectivity index (χ4n) is 2.48. The van der Waals surface area contributed by atoms with Gasteiger partial charge in [0.2, 0.25) is 0 Å². The summed E-state index contributed by atoms with van der Waals surface area (Å²) in [6, 6.07) is 2.36. The molecule has 1 atom stereocenters. The number of ether oxygens (including phenoxy) is 1. The highest BCUT2D eigenvalue weighted by Gasteiger charge is 2.18. The predicted molar refractivity (Wildman–Crippen MR) is 79.3 cm³/mol. The molecule has 20 heavy (non-hydrogen) atoms. The highest BCUT2D eigenvalue weighted by atomic mass is 16.5. The van der Waals surface area contributed by atoms with Crippen LogP contribution in [0, 0.1) is 0 Å². The van der Waals surface area contributed by atoms with Crippen LogP contribution in [0.25, 0.3) is 0 Å². The molecule has 2 heterocycles. The van der Waals surface area contributed by atoms with Crippen molar-refractivity contribution in [2.24, 2.45) is 5.84 Å². The maximum Gasteiger partial charge on any atom is 0.158 e. The minimum atomic E-state index is 0.369. The number of hydrazine groups is 1. The summed E-state index contributed by atoms with van der Waals surface area (Å²) in [5.74, 6) is 7.41. The first-order valence-electron chi connectivity index (χ1n) is 7.00. The summed E-state index contributed by atoms with van der Waals surface area (Å²) in [5, 5.41) is 3.37. The third kappa shape index (κ3) is 4.03. The van der Waals surface area contributed by atoms with Crippen molar-refractivity contribution in [1.29, 1.82) is 0 Å². The maximum atomic E-state index is 5.43. The molecule has 0 bridgehead atoms. The number of likely N-dealkylation sites (tertiary alicyclic amines) is 1. The minimum Gasteiger partial charge on any atom is -0.377 e. The Labute approximate surface area is 119 Å². The van der Waals surface area contributed by atoms with Crippen molar-refractivity contribution in [2.45, 2.75) is 31.9 Å². The molecule has 0 saturated carbocycles. The minimum absolute atomic E-state index is 0.369. The van der Waals surface area contributed by atoms with Crippen LogP contribution in [0.4, 0.5) is 11.6 Å². The van der Waals surface area contributed by atoms with Crippen molar-refractivity contribution < 1.29 is 4.74 Å². The first-order valence-corrected chi connectivity index (χ1v) is 7.00.